The molecule has 5 aromatic rings. The number of benzene rings is 4. The maximum Gasteiger partial charge on any atom is 0.271 e. The van der Waals surface area contributed by atoms with Crippen molar-refractivity contribution in [3.05, 3.63) is 131 Å². The van der Waals surface area contributed by atoms with E-state index in [1.165, 1.54) is 6.21 Å². The Hall–Kier alpha value is -5.34. The highest BCUT2D eigenvalue weighted by Gasteiger charge is 2.15. The normalized spacial score (nSPS) is 10.9. The number of hydrogen-bond acceptors (Lipinski definition) is 5. The molecule has 5 rings (SSSR count). The van der Waals surface area contributed by atoms with Gasteiger partial charge in [0.25, 0.3) is 11.8 Å². The molecule has 0 fully saturated rings. The van der Waals surface area contributed by atoms with Crippen LogP contribution < -0.4 is 20.2 Å². The first-order chi connectivity index (χ1) is 21.4. The van der Waals surface area contributed by atoms with Crippen molar-refractivity contribution in [1.82, 2.24) is 9.99 Å². The summed E-state index contributed by atoms with van der Waals surface area (Å²) in [5.74, 6) is -0.102. The number of hydrazone groups is 1. The fourth-order valence-electron chi connectivity index (χ4n) is 4.63. The van der Waals surface area contributed by atoms with Crippen LogP contribution in [0.3, 0.4) is 0 Å². The van der Waals surface area contributed by atoms with Gasteiger partial charge in [0, 0.05) is 22.6 Å². The van der Waals surface area contributed by atoms with Crippen LogP contribution in [0.4, 0.5) is 5.69 Å². The maximum absolute atomic E-state index is 12.8. The summed E-state index contributed by atoms with van der Waals surface area (Å²) in [7, 11) is 0. The fraction of sp³-hybridized carbons (Fsp3) is 0.114. The smallest absolute Gasteiger partial charge is 0.271 e. The van der Waals surface area contributed by atoms with Crippen molar-refractivity contribution in [2.24, 2.45) is 5.10 Å². The Labute approximate surface area is 260 Å². The predicted octanol–water partition coefficient (Wildman–Crippen LogP) is 7.29. The number of nitrogens with one attached hydrogen (secondary N) is 2. The Morgan fingerprint density at radius 1 is 0.886 bits per heavy atom. The van der Waals surface area contributed by atoms with Crippen molar-refractivity contribution in [3.63, 3.8) is 0 Å². The van der Waals surface area contributed by atoms with Gasteiger partial charge in [-0.1, -0.05) is 60.1 Å². The number of carbonyl (C=O) groups is 2. The molecule has 0 saturated carbocycles. The molecule has 1 heterocycles. The molecule has 44 heavy (non-hydrogen) atoms. The van der Waals surface area contributed by atoms with Crippen LogP contribution in [0.15, 0.2) is 114 Å². The number of aryl methyl sites for hydroxylation is 1. The van der Waals surface area contributed by atoms with Crippen LogP contribution in [0.1, 0.15) is 28.5 Å². The molecular formula is C35H31ClN4O4. The van der Waals surface area contributed by atoms with Crippen LogP contribution in [0.5, 0.6) is 11.5 Å². The number of hydrogen-bond donors (Lipinski definition) is 2. The molecule has 0 aliphatic carbocycles. The van der Waals surface area contributed by atoms with Gasteiger partial charge in [-0.15, -0.1) is 0 Å². The summed E-state index contributed by atoms with van der Waals surface area (Å²) in [6.45, 7) is 3.97. The number of rotatable bonds is 11. The molecular weight excluding hydrogens is 576 g/mol. The van der Waals surface area contributed by atoms with Crippen molar-refractivity contribution in [3.8, 4) is 28.4 Å². The number of aromatic nitrogens is 1. The zero-order valence-electron chi connectivity index (χ0n) is 24.3. The summed E-state index contributed by atoms with van der Waals surface area (Å²) in [6, 6.07) is 34.0. The minimum absolute atomic E-state index is 0.238. The van der Waals surface area contributed by atoms with E-state index in [2.05, 4.69) is 44.7 Å². The highest BCUT2D eigenvalue weighted by atomic mass is 35.5. The first kappa shape index (κ1) is 30.1. The highest BCUT2D eigenvalue weighted by Crippen LogP contribution is 2.36. The van der Waals surface area contributed by atoms with Gasteiger partial charge in [0.1, 0.15) is 0 Å². The van der Waals surface area contributed by atoms with Gasteiger partial charge in [0.2, 0.25) is 0 Å². The number of ether oxygens (including phenoxy) is 2. The molecule has 0 unspecified atom stereocenters. The lowest BCUT2D eigenvalue weighted by Crippen LogP contribution is -2.20. The minimum Gasteiger partial charge on any atom is -0.490 e. The molecule has 9 heteroatoms. The first-order valence-electron chi connectivity index (χ1n) is 14.0. The van der Waals surface area contributed by atoms with Crippen LogP contribution in [-0.4, -0.2) is 35.8 Å². The lowest BCUT2D eigenvalue weighted by atomic mass is 10.1. The Balaban J connectivity index is 1.23. The van der Waals surface area contributed by atoms with Crippen LogP contribution in [-0.2, 0) is 4.79 Å². The van der Waals surface area contributed by atoms with E-state index in [0.717, 1.165) is 22.6 Å². The fourth-order valence-corrected chi connectivity index (χ4v) is 4.90. The Morgan fingerprint density at radius 3 is 2.30 bits per heavy atom. The summed E-state index contributed by atoms with van der Waals surface area (Å²) in [5, 5.41) is 7.10. The van der Waals surface area contributed by atoms with E-state index >= 15 is 0 Å². The predicted molar refractivity (Wildman–Crippen MR) is 174 cm³/mol. The van der Waals surface area contributed by atoms with Crippen molar-refractivity contribution in [2.45, 2.75) is 13.8 Å². The van der Waals surface area contributed by atoms with Crippen molar-refractivity contribution in [1.29, 1.82) is 0 Å². The zero-order valence-corrected chi connectivity index (χ0v) is 25.0. The standard InChI is InChI=1S/C35H31ClN4O4/c1-3-43-32-21-25(20-30(36)34(32)44-23-33(41)38-28-12-8-5-9-13-28)22-37-39-35(42)27-15-17-29(18-16-27)40-24(2)14-19-31(40)26-10-6-4-7-11-26/h4-22H,3,23H2,1-2H3,(H,38,41)(H,39,42)/b37-22+. The summed E-state index contributed by atoms with van der Waals surface area (Å²) < 4.78 is 13.6. The summed E-state index contributed by atoms with van der Waals surface area (Å²) >= 11 is 6.48. The van der Waals surface area contributed by atoms with Gasteiger partial charge in [0.15, 0.2) is 18.1 Å². The Kier molecular flexibility index (Phi) is 9.74. The third kappa shape index (κ3) is 7.35. The van der Waals surface area contributed by atoms with Crippen LogP contribution in [0.25, 0.3) is 16.9 Å². The van der Waals surface area contributed by atoms with Crippen LogP contribution in [0, 0.1) is 6.92 Å². The van der Waals surface area contributed by atoms with Crippen LogP contribution in [0.2, 0.25) is 5.02 Å². The van der Waals surface area contributed by atoms with E-state index in [4.69, 9.17) is 21.1 Å². The van der Waals surface area contributed by atoms with E-state index in [-0.39, 0.29) is 29.2 Å². The van der Waals surface area contributed by atoms with Crippen molar-refractivity contribution >= 4 is 35.3 Å². The Morgan fingerprint density at radius 2 is 1.59 bits per heavy atom. The number of para-hydroxylation sites is 1. The molecule has 2 N–H and O–H groups in total. The van der Waals surface area contributed by atoms with Gasteiger partial charge in [-0.2, -0.15) is 5.10 Å². The lowest BCUT2D eigenvalue weighted by Gasteiger charge is -2.14. The summed E-state index contributed by atoms with van der Waals surface area (Å²) in [4.78, 5) is 25.2. The van der Waals surface area contributed by atoms with E-state index in [1.54, 1.807) is 36.4 Å². The van der Waals surface area contributed by atoms with Gasteiger partial charge in [-0.3, -0.25) is 9.59 Å². The number of amides is 2. The first-order valence-corrected chi connectivity index (χ1v) is 14.4. The molecule has 0 saturated heterocycles. The van der Waals surface area contributed by atoms with Gasteiger partial charge < -0.3 is 19.4 Å². The molecule has 0 aliphatic rings. The van der Waals surface area contributed by atoms with E-state index in [1.807, 2.05) is 62.4 Å². The second kappa shape index (κ2) is 14.2. The average Bonchev–Trinajstić information content (AvgIpc) is 3.43. The minimum atomic E-state index is -0.360. The largest absolute Gasteiger partial charge is 0.490 e. The molecule has 0 aliphatic heterocycles. The topological polar surface area (TPSA) is 93.9 Å². The molecule has 0 bridgehead atoms. The van der Waals surface area contributed by atoms with E-state index < -0.39 is 0 Å². The quantitative estimate of drug-likeness (QED) is 0.122. The SMILES string of the molecule is CCOc1cc(/C=N/NC(=O)c2ccc(-n3c(C)ccc3-c3ccccc3)cc2)cc(Cl)c1OCC(=O)Nc1ccccc1. The number of halogens is 1. The molecule has 8 nitrogen and oxygen atoms in total. The van der Waals surface area contributed by atoms with Gasteiger partial charge in [-0.25, -0.2) is 5.43 Å². The second-order valence-electron chi connectivity index (χ2n) is 9.77. The van der Waals surface area contributed by atoms with Crippen LogP contribution >= 0.6 is 11.6 Å². The molecule has 4 aromatic carbocycles. The third-order valence-corrected chi connectivity index (χ3v) is 6.93. The zero-order chi connectivity index (χ0) is 30.9. The molecule has 1 aromatic heterocycles. The number of anilines is 1. The maximum atomic E-state index is 12.8. The Bertz CT molecular complexity index is 1770. The summed E-state index contributed by atoms with van der Waals surface area (Å²) in [6.07, 6.45) is 1.46. The van der Waals surface area contributed by atoms with Gasteiger partial charge >= 0.3 is 0 Å². The van der Waals surface area contributed by atoms with E-state index in [9.17, 15) is 9.59 Å². The number of carbonyl (C=O) groups excluding carboxylic acids is 2. The monoisotopic (exact) mass is 606 g/mol. The van der Waals surface area contributed by atoms with Crippen molar-refractivity contribution in [2.75, 3.05) is 18.5 Å². The lowest BCUT2D eigenvalue weighted by molar-refractivity contribution is -0.118. The van der Waals surface area contributed by atoms with Crippen molar-refractivity contribution < 1.29 is 19.1 Å². The second-order valence-corrected chi connectivity index (χ2v) is 10.2. The molecule has 222 valence electrons. The highest BCUT2D eigenvalue weighted by molar-refractivity contribution is 6.32. The van der Waals surface area contributed by atoms with Gasteiger partial charge in [-0.05, 0) is 85.6 Å². The molecule has 0 radical (unpaired) electrons. The molecule has 0 spiro atoms. The number of nitrogens with zero attached hydrogens (tertiary/aromatic N) is 2. The summed E-state index contributed by atoms with van der Waals surface area (Å²) in [5.41, 5.74) is 8.47. The van der Waals surface area contributed by atoms with E-state index in [0.29, 0.717) is 29.2 Å². The average molecular weight is 607 g/mol. The molecule has 2 amide bonds. The third-order valence-electron chi connectivity index (χ3n) is 6.65. The molecule has 0 atom stereocenters. The van der Waals surface area contributed by atoms with Gasteiger partial charge in [0.05, 0.1) is 23.5 Å².